The van der Waals surface area contributed by atoms with Crippen LogP contribution in [0.2, 0.25) is 0 Å². The lowest BCUT2D eigenvalue weighted by Crippen LogP contribution is -2.03. The number of hydrogen-bond donors (Lipinski definition) is 1. The highest BCUT2D eigenvalue weighted by molar-refractivity contribution is 7.99. The molecule has 0 fully saturated rings. The summed E-state index contributed by atoms with van der Waals surface area (Å²) < 4.78 is 4.53. The van der Waals surface area contributed by atoms with Crippen LogP contribution >= 0.6 is 23.1 Å². The van der Waals surface area contributed by atoms with Gasteiger partial charge in [0.15, 0.2) is 0 Å². The number of aromatic nitrogens is 2. The van der Waals surface area contributed by atoms with Crippen LogP contribution in [0.3, 0.4) is 0 Å². The van der Waals surface area contributed by atoms with Crippen LogP contribution in [0.15, 0.2) is 0 Å². The van der Waals surface area contributed by atoms with Gasteiger partial charge in [0, 0.05) is 12.3 Å². The van der Waals surface area contributed by atoms with Gasteiger partial charge >= 0.3 is 5.97 Å². The minimum absolute atomic E-state index is 0.212. The van der Waals surface area contributed by atoms with Gasteiger partial charge in [0.05, 0.1) is 12.9 Å². The molecule has 84 valence electrons. The molecule has 0 amide bonds. The second kappa shape index (κ2) is 6.62. The van der Waals surface area contributed by atoms with Crippen LogP contribution in [0.4, 0.5) is 5.13 Å². The Labute approximate surface area is 96.6 Å². The Balaban J connectivity index is 2.28. The molecule has 0 unspecified atom stereocenters. The number of methoxy groups -OCH3 is 1. The second-order valence-electron chi connectivity index (χ2n) is 2.60. The number of nitrogens with zero attached hydrogens (tertiary/aromatic N) is 2. The van der Waals surface area contributed by atoms with Gasteiger partial charge in [-0.25, -0.2) is 0 Å². The fourth-order valence-corrected chi connectivity index (χ4v) is 2.52. The van der Waals surface area contributed by atoms with Crippen molar-refractivity contribution in [1.82, 2.24) is 10.2 Å². The molecule has 0 aliphatic carbocycles. The molecule has 0 radical (unpaired) electrons. The highest BCUT2D eigenvalue weighted by Gasteiger charge is 2.05. The second-order valence-corrected chi connectivity index (χ2v) is 4.65. The van der Waals surface area contributed by atoms with Crippen molar-refractivity contribution < 1.29 is 9.53 Å². The van der Waals surface area contributed by atoms with Crippen molar-refractivity contribution in [2.45, 2.75) is 12.7 Å². The van der Waals surface area contributed by atoms with Crippen LogP contribution in [0.1, 0.15) is 11.9 Å². The molecule has 0 aliphatic rings. The maximum Gasteiger partial charge on any atom is 0.315 e. The third-order valence-electron chi connectivity index (χ3n) is 1.47. The van der Waals surface area contributed by atoms with Gasteiger partial charge in [0.2, 0.25) is 5.13 Å². The van der Waals surface area contributed by atoms with Crippen molar-refractivity contribution in [3.8, 4) is 0 Å². The number of esters is 1. The third-order valence-corrected chi connectivity index (χ3v) is 3.45. The number of hydrogen-bond acceptors (Lipinski definition) is 7. The van der Waals surface area contributed by atoms with Gasteiger partial charge in [-0.1, -0.05) is 11.3 Å². The van der Waals surface area contributed by atoms with Crippen LogP contribution in [0.25, 0.3) is 0 Å². The van der Waals surface area contributed by atoms with Gasteiger partial charge in [-0.05, 0) is 6.92 Å². The molecule has 0 aliphatic heterocycles. The van der Waals surface area contributed by atoms with Gasteiger partial charge in [0.25, 0.3) is 0 Å². The van der Waals surface area contributed by atoms with E-state index in [-0.39, 0.29) is 5.97 Å². The molecule has 1 N–H and O–H groups in total. The summed E-state index contributed by atoms with van der Waals surface area (Å²) in [7, 11) is 1.39. The van der Waals surface area contributed by atoms with E-state index in [1.807, 2.05) is 6.92 Å². The summed E-state index contributed by atoms with van der Waals surface area (Å²) >= 11 is 2.99. The molecule has 1 rings (SSSR count). The Morgan fingerprint density at radius 3 is 3.07 bits per heavy atom. The molecular formula is C8H13N3O2S2. The van der Waals surface area contributed by atoms with Crippen molar-refractivity contribution >= 4 is 34.2 Å². The predicted octanol–water partition coefficient (Wildman–Crippen LogP) is 1.38. The van der Waals surface area contributed by atoms with E-state index in [9.17, 15) is 4.79 Å². The van der Waals surface area contributed by atoms with Crippen molar-refractivity contribution in [2.75, 3.05) is 24.7 Å². The number of rotatable bonds is 6. The van der Waals surface area contributed by atoms with Gasteiger partial charge in [-0.15, -0.1) is 22.0 Å². The molecule has 0 atom stereocenters. The van der Waals surface area contributed by atoms with E-state index in [2.05, 4.69) is 20.3 Å². The first-order chi connectivity index (χ1) is 7.26. The maximum absolute atomic E-state index is 10.8. The normalized spacial score (nSPS) is 10.0. The number of thioether (sulfide) groups is 1. The van der Waals surface area contributed by atoms with Crippen LogP contribution in [0, 0.1) is 0 Å². The molecule has 0 saturated carbocycles. The van der Waals surface area contributed by atoms with Gasteiger partial charge in [-0.3, -0.25) is 4.79 Å². The van der Waals surface area contributed by atoms with Crippen LogP contribution in [0.5, 0.6) is 0 Å². The molecular weight excluding hydrogens is 234 g/mol. The van der Waals surface area contributed by atoms with Crippen molar-refractivity contribution in [1.29, 1.82) is 0 Å². The molecule has 15 heavy (non-hydrogen) atoms. The Morgan fingerprint density at radius 1 is 1.60 bits per heavy atom. The monoisotopic (exact) mass is 247 g/mol. The molecule has 0 saturated heterocycles. The Bertz CT molecular complexity index is 317. The summed E-state index contributed by atoms with van der Waals surface area (Å²) in [6, 6.07) is 0. The van der Waals surface area contributed by atoms with Gasteiger partial charge in [-0.2, -0.15) is 0 Å². The Morgan fingerprint density at radius 2 is 2.40 bits per heavy atom. The zero-order chi connectivity index (χ0) is 11.1. The minimum atomic E-state index is -0.212. The fourth-order valence-electron chi connectivity index (χ4n) is 0.815. The highest BCUT2D eigenvalue weighted by atomic mass is 32.2. The molecule has 7 heteroatoms. The fraction of sp³-hybridized carbons (Fsp3) is 0.625. The summed E-state index contributed by atoms with van der Waals surface area (Å²) in [5.41, 5.74) is 0. The molecule has 1 aromatic rings. The topological polar surface area (TPSA) is 64.1 Å². The van der Waals surface area contributed by atoms with Gasteiger partial charge in [0.1, 0.15) is 5.01 Å². The summed E-state index contributed by atoms with van der Waals surface area (Å²) in [5, 5.41) is 12.8. The van der Waals surface area contributed by atoms with E-state index >= 15 is 0 Å². The first-order valence-electron chi connectivity index (χ1n) is 4.47. The first-order valence-corrected chi connectivity index (χ1v) is 6.44. The van der Waals surface area contributed by atoms with E-state index in [0.29, 0.717) is 11.5 Å². The third kappa shape index (κ3) is 4.48. The number of ether oxygens (including phenoxy) is 1. The van der Waals surface area contributed by atoms with Crippen molar-refractivity contribution in [3.63, 3.8) is 0 Å². The molecule has 1 heterocycles. The lowest BCUT2D eigenvalue weighted by Gasteiger charge is -1.96. The summed E-state index contributed by atoms with van der Waals surface area (Å²) in [6.07, 6.45) is 0. The summed E-state index contributed by atoms with van der Waals surface area (Å²) in [6.45, 7) is 2.84. The lowest BCUT2D eigenvalue weighted by molar-refractivity contribution is -0.137. The van der Waals surface area contributed by atoms with Crippen LogP contribution < -0.4 is 5.32 Å². The number of carbonyl (C=O) groups is 1. The maximum atomic E-state index is 10.8. The van der Waals surface area contributed by atoms with Crippen molar-refractivity contribution in [2.24, 2.45) is 0 Å². The summed E-state index contributed by atoms with van der Waals surface area (Å²) in [4.78, 5) is 10.8. The van der Waals surface area contributed by atoms with E-state index < -0.39 is 0 Å². The zero-order valence-electron chi connectivity index (χ0n) is 8.65. The average Bonchev–Trinajstić information content (AvgIpc) is 2.66. The SMILES string of the molecule is CCNc1nnc(CSCC(=O)OC)s1. The predicted molar refractivity (Wildman–Crippen MR) is 62.3 cm³/mol. The largest absolute Gasteiger partial charge is 0.468 e. The zero-order valence-corrected chi connectivity index (χ0v) is 10.3. The molecule has 0 aromatic carbocycles. The van der Waals surface area contributed by atoms with E-state index in [4.69, 9.17) is 0 Å². The summed E-state index contributed by atoms with van der Waals surface area (Å²) in [5.74, 6) is 0.835. The average molecular weight is 247 g/mol. The highest BCUT2D eigenvalue weighted by Crippen LogP contribution is 2.19. The quantitative estimate of drug-likeness (QED) is 0.766. The Kier molecular flexibility index (Phi) is 5.41. The standard InChI is InChI=1S/C8H13N3O2S2/c1-3-9-8-11-10-6(15-8)4-14-5-7(12)13-2/h3-5H2,1-2H3,(H,9,11). The van der Waals surface area contributed by atoms with Gasteiger partial charge < -0.3 is 10.1 Å². The van der Waals surface area contributed by atoms with Crippen LogP contribution in [-0.2, 0) is 15.3 Å². The molecule has 1 aromatic heterocycles. The lowest BCUT2D eigenvalue weighted by atomic mass is 10.8. The van der Waals surface area contributed by atoms with Crippen LogP contribution in [-0.4, -0.2) is 35.6 Å². The molecule has 0 spiro atoms. The minimum Gasteiger partial charge on any atom is -0.468 e. The Hall–Kier alpha value is -0.820. The number of carbonyl (C=O) groups excluding carboxylic acids is 1. The smallest absolute Gasteiger partial charge is 0.315 e. The first kappa shape index (κ1) is 12.3. The van der Waals surface area contributed by atoms with E-state index in [0.717, 1.165) is 16.7 Å². The number of nitrogens with one attached hydrogen (secondary N) is 1. The van der Waals surface area contributed by atoms with E-state index in [1.54, 1.807) is 0 Å². The molecule has 0 bridgehead atoms. The molecule has 5 nitrogen and oxygen atoms in total. The van der Waals surface area contributed by atoms with E-state index in [1.165, 1.54) is 30.2 Å². The number of anilines is 1. The van der Waals surface area contributed by atoms with Crippen molar-refractivity contribution in [3.05, 3.63) is 5.01 Å².